The monoisotopic (exact) mass is 263 g/mol. The maximum atomic E-state index is 11.8. The highest BCUT2D eigenvalue weighted by Crippen LogP contribution is 2.10. The number of carboxylic acids is 1. The normalized spacial score (nSPS) is 10.2. The molecule has 1 aromatic carbocycles. The smallest absolute Gasteiger partial charge is 0.303 e. The number of carbonyl (C=O) groups is 2. The molecule has 4 nitrogen and oxygen atoms in total. The van der Waals surface area contributed by atoms with E-state index in [1.54, 1.807) is 0 Å². The average molecular weight is 263 g/mol. The van der Waals surface area contributed by atoms with Gasteiger partial charge in [-0.2, -0.15) is 0 Å². The number of hydrogen-bond acceptors (Lipinski definition) is 2. The predicted molar refractivity (Wildman–Crippen MR) is 74.0 cm³/mol. The van der Waals surface area contributed by atoms with Gasteiger partial charge in [0.05, 0.1) is 6.42 Å². The molecule has 0 aliphatic rings. The highest BCUT2D eigenvalue weighted by atomic mass is 16.4. The van der Waals surface area contributed by atoms with Crippen molar-refractivity contribution < 1.29 is 14.7 Å². The van der Waals surface area contributed by atoms with Crippen molar-refractivity contribution in [2.45, 2.75) is 39.0 Å². The lowest BCUT2D eigenvalue weighted by Crippen LogP contribution is -2.26. The number of aryl methyl sites for hydroxylation is 1. The maximum Gasteiger partial charge on any atom is 0.303 e. The van der Waals surface area contributed by atoms with Crippen LogP contribution in [0, 0.1) is 0 Å². The van der Waals surface area contributed by atoms with Crippen molar-refractivity contribution >= 4 is 11.9 Å². The molecule has 19 heavy (non-hydrogen) atoms. The molecule has 0 saturated carbocycles. The Balaban J connectivity index is 2.29. The van der Waals surface area contributed by atoms with Crippen LogP contribution in [-0.4, -0.2) is 23.5 Å². The minimum atomic E-state index is -0.789. The molecule has 0 saturated heterocycles. The minimum absolute atomic E-state index is 0.00350. The Morgan fingerprint density at radius 1 is 1.16 bits per heavy atom. The van der Waals surface area contributed by atoms with Crippen molar-refractivity contribution in [2.75, 3.05) is 6.54 Å². The van der Waals surface area contributed by atoms with E-state index in [1.165, 1.54) is 5.56 Å². The second kappa shape index (κ2) is 8.29. The number of hydrogen-bond donors (Lipinski definition) is 2. The van der Waals surface area contributed by atoms with Gasteiger partial charge in [0, 0.05) is 13.0 Å². The van der Waals surface area contributed by atoms with E-state index in [0.717, 1.165) is 12.0 Å². The molecule has 0 aliphatic heterocycles. The summed E-state index contributed by atoms with van der Waals surface area (Å²) in [4.78, 5) is 22.1. The quantitative estimate of drug-likeness (QED) is 0.706. The molecule has 0 aliphatic carbocycles. The van der Waals surface area contributed by atoms with Gasteiger partial charge in [0.2, 0.25) is 5.91 Å². The summed E-state index contributed by atoms with van der Waals surface area (Å²) in [7, 11) is 0. The van der Waals surface area contributed by atoms with E-state index in [9.17, 15) is 9.59 Å². The summed E-state index contributed by atoms with van der Waals surface area (Å²) >= 11 is 0. The van der Waals surface area contributed by atoms with Crippen molar-refractivity contribution in [3.8, 4) is 0 Å². The largest absolute Gasteiger partial charge is 0.481 e. The van der Waals surface area contributed by atoms with Crippen LogP contribution in [-0.2, 0) is 22.4 Å². The molecular formula is C15H21NO3. The van der Waals surface area contributed by atoms with Crippen LogP contribution in [0.3, 0.4) is 0 Å². The first-order chi connectivity index (χ1) is 9.13. The predicted octanol–water partition coefficient (Wildman–Crippen LogP) is 2.16. The molecule has 0 radical (unpaired) electrons. The van der Waals surface area contributed by atoms with Crippen LogP contribution in [0.5, 0.6) is 0 Å². The van der Waals surface area contributed by atoms with E-state index in [4.69, 9.17) is 5.11 Å². The number of nitrogens with one attached hydrogen (secondary N) is 1. The zero-order valence-corrected chi connectivity index (χ0v) is 11.3. The van der Waals surface area contributed by atoms with E-state index >= 15 is 0 Å². The van der Waals surface area contributed by atoms with Gasteiger partial charge in [-0.05, 0) is 30.4 Å². The van der Waals surface area contributed by atoms with Gasteiger partial charge < -0.3 is 10.4 Å². The van der Waals surface area contributed by atoms with E-state index in [2.05, 4.69) is 12.2 Å². The molecule has 2 N–H and O–H groups in total. The van der Waals surface area contributed by atoms with Crippen LogP contribution in [0.15, 0.2) is 24.3 Å². The van der Waals surface area contributed by atoms with Crippen LogP contribution in [0.2, 0.25) is 0 Å². The number of benzene rings is 1. The van der Waals surface area contributed by atoms with Crippen molar-refractivity contribution in [3.63, 3.8) is 0 Å². The third-order valence-corrected chi connectivity index (χ3v) is 2.99. The summed E-state index contributed by atoms with van der Waals surface area (Å²) < 4.78 is 0. The Bertz CT molecular complexity index is 429. The second-order valence-corrected chi connectivity index (χ2v) is 4.50. The third-order valence-electron chi connectivity index (χ3n) is 2.99. The first-order valence-corrected chi connectivity index (χ1v) is 6.68. The number of carbonyl (C=O) groups excluding carboxylic acids is 1. The summed E-state index contributed by atoms with van der Waals surface area (Å²) in [5.74, 6) is -0.792. The molecule has 0 unspecified atom stereocenters. The van der Waals surface area contributed by atoms with Crippen LogP contribution in [0.1, 0.15) is 37.3 Å². The second-order valence-electron chi connectivity index (χ2n) is 4.50. The van der Waals surface area contributed by atoms with Crippen LogP contribution < -0.4 is 5.32 Å². The van der Waals surface area contributed by atoms with Gasteiger partial charge in [-0.3, -0.25) is 9.59 Å². The minimum Gasteiger partial charge on any atom is -0.481 e. The topological polar surface area (TPSA) is 66.4 Å². The molecule has 0 aromatic heterocycles. The Kier molecular flexibility index (Phi) is 6.64. The summed E-state index contributed by atoms with van der Waals surface area (Å²) in [6, 6.07) is 7.93. The van der Waals surface area contributed by atoms with Gasteiger partial charge >= 0.3 is 5.97 Å². The number of aliphatic carboxylic acids is 1. The number of rotatable bonds is 8. The van der Waals surface area contributed by atoms with E-state index in [1.807, 2.05) is 24.3 Å². The molecule has 0 spiro atoms. The molecule has 0 bridgehead atoms. The SMILES string of the molecule is CCc1ccccc1CC(=O)NCCCCC(=O)O. The first-order valence-electron chi connectivity index (χ1n) is 6.68. The molecule has 4 heteroatoms. The average Bonchev–Trinajstić information content (AvgIpc) is 2.38. The fourth-order valence-corrected chi connectivity index (χ4v) is 1.94. The lowest BCUT2D eigenvalue weighted by atomic mass is 10.0. The summed E-state index contributed by atoms with van der Waals surface area (Å²) in [5, 5.41) is 11.3. The summed E-state index contributed by atoms with van der Waals surface area (Å²) in [6.07, 6.45) is 2.77. The molecule has 104 valence electrons. The third kappa shape index (κ3) is 6.04. The number of carboxylic acid groups (broad SMARTS) is 1. The highest BCUT2D eigenvalue weighted by Gasteiger charge is 2.06. The van der Waals surface area contributed by atoms with Crippen molar-refractivity contribution in [2.24, 2.45) is 0 Å². The van der Waals surface area contributed by atoms with Gasteiger partial charge in [-0.15, -0.1) is 0 Å². The van der Waals surface area contributed by atoms with Crippen molar-refractivity contribution in [1.29, 1.82) is 0 Å². The highest BCUT2D eigenvalue weighted by molar-refractivity contribution is 5.78. The Morgan fingerprint density at radius 2 is 1.84 bits per heavy atom. The van der Waals surface area contributed by atoms with Crippen LogP contribution in [0.4, 0.5) is 0 Å². The fraction of sp³-hybridized carbons (Fsp3) is 0.467. The fourth-order valence-electron chi connectivity index (χ4n) is 1.94. The lowest BCUT2D eigenvalue weighted by molar-refractivity contribution is -0.137. The Hall–Kier alpha value is -1.84. The summed E-state index contributed by atoms with van der Waals surface area (Å²) in [5.41, 5.74) is 2.26. The van der Waals surface area contributed by atoms with Gasteiger partial charge in [0.15, 0.2) is 0 Å². The van der Waals surface area contributed by atoms with Gasteiger partial charge in [0.25, 0.3) is 0 Å². The van der Waals surface area contributed by atoms with Gasteiger partial charge in [-0.25, -0.2) is 0 Å². The Morgan fingerprint density at radius 3 is 2.47 bits per heavy atom. The first kappa shape index (κ1) is 15.2. The van der Waals surface area contributed by atoms with Crippen LogP contribution in [0.25, 0.3) is 0 Å². The molecule has 0 fully saturated rings. The van der Waals surface area contributed by atoms with E-state index < -0.39 is 5.97 Å². The molecule has 1 aromatic rings. The van der Waals surface area contributed by atoms with E-state index in [0.29, 0.717) is 25.8 Å². The number of amides is 1. The molecule has 1 rings (SSSR count). The molecule has 0 heterocycles. The zero-order valence-electron chi connectivity index (χ0n) is 11.3. The zero-order chi connectivity index (χ0) is 14.1. The standard InChI is InChI=1S/C15H21NO3/c1-2-12-7-3-4-8-13(12)11-14(17)16-10-6-5-9-15(18)19/h3-4,7-8H,2,5-6,9-11H2,1H3,(H,16,17)(H,18,19). The molecule has 0 atom stereocenters. The van der Waals surface area contributed by atoms with Crippen molar-refractivity contribution in [3.05, 3.63) is 35.4 Å². The van der Waals surface area contributed by atoms with Crippen molar-refractivity contribution in [1.82, 2.24) is 5.32 Å². The van der Waals surface area contributed by atoms with Gasteiger partial charge in [-0.1, -0.05) is 31.2 Å². The summed E-state index contributed by atoms with van der Waals surface area (Å²) in [6.45, 7) is 2.61. The Labute approximate surface area is 113 Å². The lowest BCUT2D eigenvalue weighted by Gasteiger charge is -2.08. The molecular weight excluding hydrogens is 242 g/mol. The number of unbranched alkanes of at least 4 members (excludes halogenated alkanes) is 1. The molecule has 1 amide bonds. The van der Waals surface area contributed by atoms with Crippen LogP contribution >= 0.6 is 0 Å². The van der Waals surface area contributed by atoms with Gasteiger partial charge in [0.1, 0.15) is 0 Å². The van der Waals surface area contributed by atoms with E-state index in [-0.39, 0.29) is 12.3 Å². The maximum absolute atomic E-state index is 11.8.